The Bertz CT molecular complexity index is 704. The number of hydrogen-bond acceptors (Lipinski definition) is 3. The molecule has 1 aliphatic rings. The summed E-state index contributed by atoms with van der Waals surface area (Å²) in [6, 6.07) is 0. The van der Waals surface area contributed by atoms with Gasteiger partial charge in [-0.05, 0) is 123 Å². The molecule has 1 atom stereocenters. The molecule has 0 amide bonds. The molecule has 268 valence electrons. The third kappa shape index (κ3) is 26.9. The van der Waals surface area contributed by atoms with Gasteiger partial charge in [0, 0.05) is 19.4 Å². The van der Waals surface area contributed by atoms with Gasteiger partial charge in [0.05, 0.1) is 12.7 Å². The largest absolute Gasteiger partial charge is 0.347 e. The molecule has 3 heteroatoms. The average Bonchev–Trinajstić information content (AvgIpc) is 3.46. The first-order valence-electron chi connectivity index (χ1n) is 20.2. The van der Waals surface area contributed by atoms with Crippen molar-refractivity contribution in [2.24, 2.45) is 0 Å². The van der Waals surface area contributed by atoms with E-state index in [4.69, 9.17) is 9.47 Å². The van der Waals surface area contributed by atoms with E-state index in [9.17, 15) is 0 Å². The van der Waals surface area contributed by atoms with Gasteiger partial charge in [0.1, 0.15) is 0 Å². The van der Waals surface area contributed by atoms with Gasteiger partial charge in [0.25, 0.3) is 0 Å². The van der Waals surface area contributed by atoms with Gasteiger partial charge < -0.3 is 14.4 Å². The van der Waals surface area contributed by atoms with Crippen molar-refractivity contribution in [2.45, 2.75) is 199 Å². The highest BCUT2D eigenvalue weighted by Gasteiger charge is 2.40. The molecule has 0 aromatic carbocycles. The predicted molar refractivity (Wildman–Crippen MR) is 205 cm³/mol. The van der Waals surface area contributed by atoms with E-state index in [1.807, 2.05) is 0 Å². The maximum absolute atomic E-state index is 6.68. The third-order valence-corrected chi connectivity index (χ3v) is 9.29. The van der Waals surface area contributed by atoms with Gasteiger partial charge >= 0.3 is 0 Å². The van der Waals surface area contributed by atoms with Crippen LogP contribution in [0.3, 0.4) is 0 Å². The van der Waals surface area contributed by atoms with E-state index < -0.39 is 0 Å². The molecule has 0 aromatic heterocycles. The van der Waals surface area contributed by atoms with Crippen molar-refractivity contribution in [3.8, 4) is 0 Å². The van der Waals surface area contributed by atoms with Gasteiger partial charge in [-0.25, -0.2) is 0 Å². The second-order valence-corrected chi connectivity index (χ2v) is 14.1. The Hall–Kier alpha value is -1.16. The minimum atomic E-state index is -0.314. The van der Waals surface area contributed by atoms with Crippen molar-refractivity contribution in [1.29, 1.82) is 0 Å². The lowest BCUT2D eigenvalue weighted by Gasteiger charge is -2.29. The second-order valence-electron chi connectivity index (χ2n) is 14.1. The lowest BCUT2D eigenvalue weighted by atomic mass is 9.98. The summed E-state index contributed by atoms with van der Waals surface area (Å²) in [4.78, 5) is 2.26. The molecule has 3 nitrogen and oxygen atoms in total. The second kappa shape index (κ2) is 32.4. The van der Waals surface area contributed by atoms with Gasteiger partial charge in [0.15, 0.2) is 5.79 Å². The Labute approximate surface area is 288 Å². The highest BCUT2D eigenvalue weighted by molar-refractivity contribution is 4.85. The van der Waals surface area contributed by atoms with Gasteiger partial charge in [-0.3, -0.25) is 0 Å². The zero-order chi connectivity index (χ0) is 33.2. The molecule has 46 heavy (non-hydrogen) atoms. The van der Waals surface area contributed by atoms with Crippen LogP contribution < -0.4 is 0 Å². The minimum absolute atomic E-state index is 0.263. The molecule has 1 fully saturated rings. The third-order valence-electron chi connectivity index (χ3n) is 9.29. The van der Waals surface area contributed by atoms with Crippen molar-refractivity contribution in [3.05, 3.63) is 48.6 Å². The fourth-order valence-electron chi connectivity index (χ4n) is 6.36. The van der Waals surface area contributed by atoms with Crippen LogP contribution in [-0.2, 0) is 9.47 Å². The van der Waals surface area contributed by atoms with E-state index in [1.165, 1.54) is 154 Å². The molecule has 0 N–H and O–H groups in total. The molecule has 1 heterocycles. The number of ether oxygens (including phenoxy) is 2. The van der Waals surface area contributed by atoms with E-state index in [-0.39, 0.29) is 11.9 Å². The van der Waals surface area contributed by atoms with E-state index in [2.05, 4.69) is 81.5 Å². The Morgan fingerprint density at radius 3 is 1.24 bits per heavy atom. The normalized spacial score (nSPS) is 16.9. The maximum Gasteiger partial charge on any atom is 0.168 e. The summed E-state index contributed by atoms with van der Waals surface area (Å²) in [6.45, 7) is 6.26. The van der Waals surface area contributed by atoms with Crippen LogP contribution in [0.25, 0.3) is 0 Å². The number of unbranched alkanes of at least 4 members (excludes halogenated alkanes) is 18. The molecule has 1 saturated heterocycles. The SMILES string of the molecule is CC/C=C\CCCC/C=C\CCCCCCCCC1(CCCCCCCC/C=C\CCCC/C=C\CC)OCC(CCN(C)C)O1. The number of rotatable bonds is 33. The maximum atomic E-state index is 6.68. The van der Waals surface area contributed by atoms with Crippen LogP contribution in [0.15, 0.2) is 48.6 Å². The molecule has 1 aliphatic heterocycles. The first-order valence-corrected chi connectivity index (χ1v) is 20.2. The molecule has 0 radical (unpaired) electrons. The summed E-state index contributed by atoms with van der Waals surface area (Å²) in [5, 5.41) is 0. The standard InChI is InChI=1S/C43H79NO2/c1-5-7-9-11-13-15-17-19-21-23-25-27-29-31-33-35-38-43(45-41-42(46-43)37-40-44(3)4)39-36-34-32-30-28-26-24-22-20-18-16-14-12-10-8-6-2/h7-10,19-22,42H,5-6,11-18,23-41H2,1-4H3/b9-7-,10-8-,21-19-,22-20-. The monoisotopic (exact) mass is 642 g/mol. The van der Waals surface area contributed by atoms with Crippen LogP contribution in [0.4, 0.5) is 0 Å². The molecule has 0 bridgehead atoms. The van der Waals surface area contributed by atoms with E-state index in [1.54, 1.807) is 0 Å². The van der Waals surface area contributed by atoms with Crippen LogP contribution >= 0.6 is 0 Å². The summed E-state index contributed by atoms with van der Waals surface area (Å²) in [7, 11) is 4.30. The Morgan fingerprint density at radius 1 is 0.500 bits per heavy atom. The van der Waals surface area contributed by atoms with E-state index in [0.717, 1.165) is 32.4 Å². The van der Waals surface area contributed by atoms with Gasteiger partial charge in [-0.2, -0.15) is 0 Å². The highest BCUT2D eigenvalue weighted by Crippen LogP contribution is 2.35. The Morgan fingerprint density at radius 2 is 0.848 bits per heavy atom. The Balaban J connectivity index is 2.14. The summed E-state index contributed by atoms with van der Waals surface area (Å²) in [6.07, 6.45) is 53.4. The first-order chi connectivity index (χ1) is 22.6. The van der Waals surface area contributed by atoms with Gasteiger partial charge in [-0.1, -0.05) is 114 Å². The zero-order valence-electron chi connectivity index (χ0n) is 31.5. The van der Waals surface area contributed by atoms with Crippen molar-refractivity contribution in [3.63, 3.8) is 0 Å². The first kappa shape index (κ1) is 42.9. The van der Waals surface area contributed by atoms with Gasteiger partial charge in [-0.15, -0.1) is 0 Å². The summed E-state index contributed by atoms with van der Waals surface area (Å²) >= 11 is 0. The molecule has 0 aliphatic carbocycles. The fraction of sp³-hybridized carbons (Fsp3) is 0.814. The van der Waals surface area contributed by atoms with Crippen molar-refractivity contribution in [1.82, 2.24) is 4.90 Å². The summed E-state index contributed by atoms with van der Waals surface area (Å²) in [5.74, 6) is -0.314. The topological polar surface area (TPSA) is 21.7 Å². The van der Waals surface area contributed by atoms with E-state index >= 15 is 0 Å². The lowest BCUT2D eigenvalue weighted by molar-refractivity contribution is -0.180. The van der Waals surface area contributed by atoms with Crippen LogP contribution in [0, 0.1) is 0 Å². The van der Waals surface area contributed by atoms with Crippen LogP contribution in [0.5, 0.6) is 0 Å². The van der Waals surface area contributed by atoms with Gasteiger partial charge in [0.2, 0.25) is 0 Å². The van der Waals surface area contributed by atoms with Crippen molar-refractivity contribution < 1.29 is 9.47 Å². The lowest BCUT2D eigenvalue weighted by Crippen LogP contribution is -2.31. The zero-order valence-corrected chi connectivity index (χ0v) is 31.5. The average molecular weight is 642 g/mol. The summed E-state index contributed by atoms with van der Waals surface area (Å²) < 4.78 is 13.1. The smallest absolute Gasteiger partial charge is 0.168 e. The molecule has 0 saturated carbocycles. The fourth-order valence-corrected chi connectivity index (χ4v) is 6.36. The van der Waals surface area contributed by atoms with Crippen LogP contribution in [0.2, 0.25) is 0 Å². The molecular weight excluding hydrogens is 562 g/mol. The van der Waals surface area contributed by atoms with Crippen LogP contribution in [0.1, 0.15) is 187 Å². The number of nitrogens with zero attached hydrogens (tertiary/aromatic N) is 1. The van der Waals surface area contributed by atoms with Crippen molar-refractivity contribution in [2.75, 3.05) is 27.2 Å². The highest BCUT2D eigenvalue weighted by atomic mass is 16.7. The number of allylic oxidation sites excluding steroid dienone is 8. The van der Waals surface area contributed by atoms with Crippen LogP contribution in [-0.4, -0.2) is 44.0 Å². The number of hydrogen-bond donors (Lipinski definition) is 0. The van der Waals surface area contributed by atoms with E-state index in [0.29, 0.717) is 0 Å². The Kier molecular flexibility index (Phi) is 30.2. The summed E-state index contributed by atoms with van der Waals surface area (Å²) in [5.41, 5.74) is 0. The molecule has 1 unspecified atom stereocenters. The molecule has 0 spiro atoms. The van der Waals surface area contributed by atoms with Crippen molar-refractivity contribution >= 4 is 0 Å². The molecular formula is C43H79NO2. The molecule has 1 rings (SSSR count). The predicted octanol–water partition coefficient (Wildman–Crippen LogP) is 13.5. The molecule has 0 aromatic rings. The minimum Gasteiger partial charge on any atom is -0.347 e. The quantitative estimate of drug-likeness (QED) is 0.0526.